The average Bonchev–Trinajstić information content (AvgIpc) is 3.25. The van der Waals surface area contributed by atoms with Crippen molar-refractivity contribution in [3.63, 3.8) is 0 Å². The second kappa shape index (κ2) is 8.89. The number of benzene rings is 3. The van der Waals surface area contributed by atoms with Crippen LogP contribution in [-0.4, -0.2) is 31.1 Å². The fraction of sp³-hybridized carbons (Fsp3) is 0.0870. The summed E-state index contributed by atoms with van der Waals surface area (Å²) in [6, 6.07) is 17.5. The molecule has 0 aliphatic carbocycles. The first-order chi connectivity index (χ1) is 15.0. The predicted octanol–water partition coefficient (Wildman–Crippen LogP) is 4.10. The Morgan fingerprint density at radius 1 is 0.903 bits per heavy atom. The molecule has 1 amide bonds. The molecule has 0 radical (unpaired) electrons. The van der Waals surface area contributed by atoms with Crippen LogP contribution in [0.5, 0.6) is 11.5 Å². The first-order valence-electron chi connectivity index (χ1n) is 9.27. The zero-order valence-electron chi connectivity index (χ0n) is 16.1. The van der Waals surface area contributed by atoms with Crippen LogP contribution in [-0.2, 0) is 9.53 Å². The molecule has 1 aliphatic heterocycles. The summed E-state index contributed by atoms with van der Waals surface area (Å²) in [6.07, 6.45) is 0. The highest BCUT2D eigenvalue weighted by Crippen LogP contribution is 2.34. The van der Waals surface area contributed by atoms with Crippen molar-refractivity contribution in [1.29, 1.82) is 0 Å². The number of carbonyl (C=O) groups excluding carboxylic acids is 3. The molecule has 1 heterocycles. The molecule has 0 bridgehead atoms. The van der Waals surface area contributed by atoms with Crippen molar-refractivity contribution < 1.29 is 28.6 Å². The zero-order valence-corrected chi connectivity index (χ0v) is 16.8. The number of hydrogen-bond acceptors (Lipinski definition) is 6. The van der Waals surface area contributed by atoms with E-state index >= 15 is 0 Å². The van der Waals surface area contributed by atoms with Gasteiger partial charge < -0.3 is 19.5 Å². The van der Waals surface area contributed by atoms with Crippen LogP contribution in [0.2, 0.25) is 5.02 Å². The molecule has 7 nitrogen and oxygen atoms in total. The van der Waals surface area contributed by atoms with Crippen LogP contribution >= 0.6 is 11.6 Å². The number of fused-ring (bicyclic) bond motifs is 1. The molecule has 3 aromatic rings. The van der Waals surface area contributed by atoms with E-state index in [-0.39, 0.29) is 23.7 Å². The maximum absolute atomic E-state index is 12.8. The number of ether oxygens (including phenoxy) is 3. The molecule has 156 valence electrons. The van der Waals surface area contributed by atoms with Gasteiger partial charge >= 0.3 is 5.97 Å². The third-order valence-electron chi connectivity index (χ3n) is 4.49. The summed E-state index contributed by atoms with van der Waals surface area (Å²) >= 11 is 5.86. The van der Waals surface area contributed by atoms with Gasteiger partial charge in [-0.05, 0) is 42.5 Å². The Labute approximate surface area is 182 Å². The highest BCUT2D eigenvalue weighted by molar-refractivity contribution is 6.30. The monoisotopic (exact) mass is 437 g/mol. The minimum Gasteiger partial charge on any atom is -0.454 e. The van der Waals surface area contributed by atoms with Crippen molar-refractivity contribution >= 4 is 34.9 Å². The van der Waals surface area contributed by atoms with Gasteiger partial charge in [-0.2, -0.15) is 0 Å². The first kappa shape index (κ1) is 20.4. The van der Waals surface area contributed by atoms with Gasteiger partial charge in [-0.15, -0.1) is 0 Å². The molecule has 4 rings (SSSR count). The van der Waals surface area contributed by atoms with E-state index in [0.717, 1.165) is 0 Å². The molecule has 0 unspecified atom stereocenters. The number of halogens is 1. The topological polar surface area (TPSA) is 90.9 Å². The molecule has 1 aliphatic rings. The van der Waals surface area contributed by atoms with Crippen LogP contribution in [0.1, 0.15) is 26.3 Å². The summed E-state index contributed by atoms with van der Waals surface area (Å²) in [5.74, 6) is -0.558. The van der Waals surface area contributed by atoms with Crippen LogP contribution < -0.4 is 14.8 Å². The van der Waals surface area contributed by atoms with Crippen LogP contribution in [0, 0.1) is 0 Å². The quantitative estimate of drug-likeness (QED) is 0.461. The molecular weight excluding hydrogens is 422 g/mol. The predicted molar refractivity (Wildman–Crippen MR) is 113 cm³/mol. The Hall–Kier alpha value is -3.84. The van der Waals surface area contributed by atoms with E-state index in [2.05, 4.69) is 5.32 Å². The molecule has 0 saturated carbocycles. The van der Waals surface area contributed by atoms with Gasteiger partial charge in [-0.25, -0.2) is 4.79 Å². The number of rotatable bonds is 6. The Balaban J connectivity index is 1.41. The lowest BCUT2D eigenvalue weighted by atomic mass is 9.98. The summed E-state index contributed by atoms with van der Waals surface area (Å²) in [6.45, 7) is -0.394. The Bertz CT molecular complexity index is 1160. The number of esters is 1. The van der Waals surface area contributed by atoms with Crippen molar-refractivity contribution in [1.82, 2.24) is 0 Å². The minimum absolute atomic E-state index is 0.0679. The van der Waals surface area contributed by atoms with E-state index in [9.17, 15) is 14.4 Å². The van der Waals surface area contributed by atoms with Crippen molar-refractivity contribution in [3.8, 4) is 11.5 Å². The highest BCUT2D eigenvalue weighted by atomic mass is 35.5. The molecule has 3 aromatic carbocycles. The van der Waals surface area contributed by atoms with Gasteiger partial charge in [0.1, 0.15) is 0 Å². The summed E-state index contributed by atoms with van der Waals surface area (Å²) in [5.41, 5.74) is 1.10. The smallest absolute Gasteiger partial charge is 0.339 e. The van der Waals surface area contributed by atoms with Gasteiger partial charge in [0.2, 0.25) is 6.79 Å². The molecule has 8 heteroatoms. The van der Waals surface area contributed by atoms with E-state index in [1.165, 1.54) is 12.1 Å². The Morgan fingerprint density at radius 3 is 2.39 bits per heavy atom. The molecular formula is C23H16ClNO6. The van der Waals surface area contributed by atoms with Crippen molar-refractivity contribution in [2.45, 2.75) is 0 Å². The number of amides is 1. The standard InChI is InChI=1S/C23H16ClNO6/c24-15-7-5-14(6-8-15)22(27)17-3-1-2-4-18(17)23(28)29-12-21(26)25-16-9-10-19-20(11-16)31-13-30-19/h1-11H,12-13H2,(H,25,26). The van der Waals surface area contributed by atoms with E-state index in [1.54, 1.807) is 54.6 Å². The van der Waals surface area contributed by atoms with Gasteiger partial charge in [-0.3, -0.25) is 9.59 Å². The van der Waals surface area contributed by atoms with Crippen molar-refractivity contribution in [3.05, 3.63) is 88.4 Å². The third-order valence-corrected chi connectivity index (χ3v) is 4.74. The second-order valence-electron chi connectivity index (χ2n) is 6.57. The largest absolute Gasteiger partial charge is 0.454 e. The van der Waals surface area contributed by atoms with Gasteiger partial charge in [0.05, 0.1) is 5.56 Å². The lowest BCUT2D eigenvalue weighted by molar-refractivity contribution is -0.119. The van der Waals surface area contributed by atoms with Crippen LogP contribution in [0.4, 0.5) is 5.69 Å². The van der Waals surface area contributed by atoms with E-state index < -0.39 is 18.5 Å². The average molecular weight is 438 g/mol. The van der Waals surface area contributed by atoms with Crippen LogP contribution in [0.3, 0.4) is 0 Å². The van der Waals surface area contributed by atoms with Crippen molar-refractivity contribution in [2.75, 3.05) is 18.7 Å². The lowest BCUT2D eigenvalue weighted by Crippen LogP contribution is -2.22. The number of anilines is 1. The van der Waals surface area contributed by atoms with Crippen molar-refractivity contribution in [2.24, 2.45) is 0 Å². The molecule has 1 N–H and O–H groups in total. The van der Waals surface area contributed by atoms with Gasteiger partial charge in [0.25, 0.3) is 5.91 Å². The molecule has 31 heavy (non-hydrogen) atoms. The summed E-state index contributed by atoms with van der Waals surface area (Å²) in [7, 11) is 0. The maximum atomic E-state index is 12.8. The second-order valence-corrected chi connectivity index (χ2v) is 7.01. The van der Waals surface area contributed by atoms with E-state index in [0.29, 0.717) is 27.8 Å². The van der Waals surface area contributed by atoms with E-state index in [1.807, 2.05) is 0 Å². The number of hydrogen-bond donors (Lipinski definition) is 1. The summed E-state index contributed by atoms with van der Waals surface area (Å²) in [5, 5.41) is 3.11. The zero-order chi connectivity index (χ0) is 21.8. The lowest BCUT2D eigenvalue weighted by Gasteiger charge is -2.10. The van der Waals surface area contributed by atoms with Gasteiger partial charge in [-0.1, -0.05) is 29.8 Å². The molecule has 0 spiro atoms. The van der Waals surface area contributed by atoms with E-state index in [4.69, 9.17) is 25.8 Å². The fourth-order valence-corrected chi connectivity index (χ4v) is 3.12. The highest BCUT2D eigenvalue weighted by Gasteiger charge is 2.20. The normalized spacial score (nSPS) is 11.6. The fourth-order valence-electron chi connectivity index (χ4n) is 3.00. The van der Waals surface area contributed by atoms with Crippen LogP contribution in [0.15, 0.2) is 66.7 Å². The number of ketones is 1. The summed E-state index contributed by atoms with van der Waals surface area (Å²) in [4.78, 5) is 37.5. The maximum Gasteiger partial charge on any atom is 0.339 e. The van der Waals surface area contributed by atoms with Gasteiger partial charge in [0.15, 0.2) is 23.9 Å². The number of carbonyl (C=O) groups is 3. The summed E-state index contributed by atoms with van der Waals surface area (Å²) < 4.78 is 15.6. The third kappa shape index (κ3) is 4.67. The SMILES string of the molecule is O=C(COC(=O)c1ccccc1C(=O)c1ccc(Cl)cc1)Nc1ccc2c(c1)OCO2. The Kier molecular flexibility index (Phi) is 5.86. The number of nitrogens with one attached hydrogen (secondary N) is 1. The molecule has 0 saturated heterocycles. The minimum atomic E-state index is -0.779. The first-order valence-corrected chi connectivity index (χ1v) is 9.65. The molecule has 0 atom stereocenters. The van der Waals surface area contributed by atoms with Crippen LogP contribution in [0.25, 0.3) is 0 Å². The van der Waals surface area contributed by atoms with Gasteiger partial charge in [0, 0.05) is 27.9 Å². The molecule has 0 fully saturated rings. The molecule has 0 aromatic heterocycles. The Morgan fingerprint density at radius 2 is 1.61 bits per heavy atom.